The van der Waals surface area contributed by atoms with Gasteiger partial charge in [-0.25, -0.2) is 0 Å². The van der Waals surface area contributed by atoms with Gasteiger partial charge >= 0.3 is 0 Å². The molecule has 0 aliphatic carbocycles. The third-order valence-corrected chi connectivity index (χ3v) is 3.43. The molecule has 2 aromatic rings. The molecule has 0 unspecified atom stereocenters. The van der Waals surface area contributed by atoms with E-state index < -0.39 is 0 Å². The molecule has 0 radical (unpaired) electrons. The van der Waals surface area contributed by atoms with E-state index in [1.54, 1.807) is 11.8 Å². The lowest BCUT2D eigenvalue weighted by molar-refractivity contribution is 0.919. The predicted octanol–water partition coefficient (Wildman–Crippen LogP) is 2.12. The van der Waals surface area contributed by atoms with Crippen LogP contribution in [0, 0.1) is 6.92 Å². The van der Waals surface area contributed by atoms with E-state index in [2.05, 4.69) is 40.1 Å². The molecule has 1 heterocycles. The number of aryl methyl sites for hydroxylation is 1. The Labute approximate surface area is 117 Å². The van der Waals surface area contributed by atoms with Crippen LogP contribution in [0.25, 0.3) is 0 Å². The number of anilines is 2. The average Bonchev–Trinajstić information content (AvgIpc) is 2.36. The Morgan fingerprint density at radius 3 is 2.68 bits per heavy atom. The van der Waals surface area contributed by atoms with Crippen LogP contribution in [-0.2, 0) is 5.75 Å². The minimum atomic E-state index is 0.263. The summed E-state index contributed by atoms with van der Waals surface area (Å²) in [5.41, 5.74) is 6.94. The Bertz CT molecular complexity index is 571. The van der Waals surface area contributed by atoms with E-state index in [1.807, 2.05) is 25.1 Å². The van der Waals surface area contributed by atoms with Gasteiger partial charge in [0.2, 0.25) is 11.9 Å². The lowest BCUT2D eigenvalue weighted by Crippen LogP contribution is -2.15. The van der Waals surface area contributed by atoms with Crippen LogP contribution in [0.2, 0.25) is 0 Å². The van der Waals surface area contributed by atoms with Gasteiger partial charge in [-0.05, 0) is 19.1 Å². The van der Waals surface area contributed by atoms with Gasteiger partial charge in [0.05, 0.1) is 5.75 Å². The maximum Gasteiger partial charge on any atom is 0.229 e. The van der Waals surface area contributed by atoms with Crippen molar-refractivity contribution in [3.05, 3.63) is 35.7 Å². The summed E-state index contributed by atoms with van der Waals surface area (Å²) in [6.45, 7) is 2.08. The SMILES string of the molecule is Cc1cccc(SCc2nc(N)nc(N(C)C)n2)c1. The van der Waals surface area contributed by atoms with Gasteiger partial charge in [0.15, 0.2) is 0 Å². The van der Waals surface area contributed by atoms with Crippen LogP contribution in [0.5, 0.6) is 0 Å². The molecule has 1 aromatic heterocycles. The first-order valence-electron chi connectivity index (χ1n) is 5.92. The molecular weight excluding hydrogens is 258 g/mol. The van der Waals surface area contributed by atoms with Crippen LogP contribution in [0.15, 0.2) is 29.2 Å². The number of hydrogen-bond acceptors (Lipinski definition) is 6. The smallest absolute Gasteiger partial charge is 0.229 e. The van der Waals surface area contributed by atoms with E-state index in [0.717, 1.165) is 0 Å². The van der Waals surface area contributed by atoms with E-state index in [0.29, 0.717) is 17.5 Å². The Morgan fingerprint density at radius 1 is 1.21 bits per heavy atom. The second-order valence-electron chi connectivity index (χ2n) is 4.41. The van der Waals surface area contributed by atoms with E-state index in [9.17, 15) is 0 Å². The number of nitrogen functional groups attached to an aromatic ring is 1. The third-order valence-electron chi connectivity index (χ3n) is 2.44. The first-order valence-corrected chi connectivity index (χ1v) is 6.90. The molecule has 2 rings (SSSR count). The second kappa shape index (κ2) is 5.88. The maximum atomic E-state index is 5.69. The molecule has 0 spiro atoms. The van der Waals surface area contributed by atoms with Crippen LogP contribution < -0.4 is 10.6 Å². The summed E-state index contributed by atoms with van der Waals surface area (Å²) in [5, 5.41) is 0. The van der Waals surface area contributed by atoms with Crippen LogP contribution >= 0.6 is 11.8 Å². The number of aromatic nitrogens is 3. The zero-order chi connectivity index (χ0) is 13.8. The molecule has 19 heavy (non-hydrogen) atoms. The van der Waals surface area contributed by atoms with Gasteiger partial charge in [-0.15, -0.1) is 11.8 Å². The summed E-state index contributed by atoms with van der Waals surface area (Å²) in [5.74, 6) is 2.23. The summed E-state index contributed by atoms with van der Waals surface area (Å²) < 4.78 is 0. The Hall–Kier alpha value is -1.82. The van der Waals surface area contributed by atoms with Gasteiger partial charge in [0.25, 0.3) is 0 Å². The van der Waals surface area contributed by atoms with Gasteiger partial charge in [-0.2, -0.15) is 15.0 Å². The van der Waals surface area contributed by atoms with Crippen molar-refractivity contribution in [1.82, 2.24) is 15.0 Å². The molecule has 0 saturated heterocycles. The van der Waals surface area contributed by atoms with Crippen LogP contribution in [-0.4, -0.2) is 29.0 Å². The van der Waals surface area contributed by atoms with Crippen molar-refractivity contribution in [1.29, 1.82) is 0 Å². The van der Waals surface area contributed by atoms with Crippen molar-refractivity contribution >= 4 is 23.7 Å². The zero-order valence-electron chi connectivity index (χ0n) is 11.3. The largest absolute Gasteiger partial charge is 0.368 e. The quantitative estimate of drug-likeness (QED) is 0.862. The Balaban J connectivity index is 2.11. The third kappa shape index (κ3) is 3.82. The van der Waals surface area contributed by atoms with Gasteiger partial charge in [-0.3, -0.25) is 0 Å². The molecule has 0 saturated carbocycles. The van der Waals surface area contributed by atoms with E-state index in [1.165, 1.54) is 10.5 Å². The maximum absolute atomic E-state index is 5.69. The fraction of sp³-hybridized carbons (Fsp3) is 0.308. The monoisotopic (exact) mass is 275 g/mol. The number of hydrogen-bond donors (Lipinski definition) is 1. The molecule has 0 aliphatic heterocycles. The molecule has 0 amide bonds. The molecule has 0 aliphatic rings. The zero-order valence-corrected chi connectivity index (χ0v) is 12.1. The van der Waals surface area contributed by atoms with Crippen molar-refractivity contribution in [2.75, 3.05) is 24.7 Å². The number of rotatable bonds is 4. The molecular formula is C13H17N5S. The topological polar surface area (TPSA) is 67.9 Å². The number of nitrogens with two attached hydrogens (primary N) is 1. The molecule has 6 heteroatoms. The summed E-state index contributed by atoms with van der Waals surface area (Å²) in [7, 11) is 3.76. The fourth-order valence-electron chi connectivity index (χ4n) is 1.54. The minimum Gasteiger partial charge on any atom is -0.368 e. The standard InChI is InChI=1S/C13H17N5S/c1-9-5-4-6-10(7-9)19-8-11-15-12(14)17-13(16-11)18(2)3/h4-7H,8H2,1-3H3,(H2,14,15,16,17). The molecule has 100 valence electrons. The molecule has 0 atom stereocenters. The highest BCUT2D eigenvalue weighted by molar-refractivity contribution is 7.98. The predicted molar refractivity (Wildman–Crippen MR) is 79.3 cm³/mol. The van der Waals surface area contributed by atoms with Crippen molar-refractivity contribution in [2.45, 2.75) is 17.6 Å². The number of nitrogens with zero attached hydrogens (tertiary/aromatic N) is 4. The Morgan fingerprint density at radius 2 is 2.00 bits per heavy atom. The summed E-state index contributed by atoms with van der Waals surface area (Å²) >= 11 is 1.69. The van der Waals surface area contributed by atoms with Crippen LogP contribution in [0.1, 0.15) is 11.4 Å². The summed E-state index contributed by atoms with van der Waals surface area (Å²) in [6.07, 6.45) is 0. The van der Waals surface area contributed by atoms with E-state index in [4.69, 9.17) is 5.73 Å². The van der Waals surface area contributed by atoms with Crippen molar-refractivity contribution in [3.8, 4) is 0 Å². The molecule has 2 N–H and O–H groups in total. The highest BCUT2D eigenvalue weighted by atomic mass is 32.2. The number of benzene rings is 1. The van der Waals surface area contributed by atoms with Crippen molar-refractivity contribution in [2.24, 2.45) is 0 Å². The first-order chi connectivity index (χ1) is 9.04. The fourth-order valence-corrected chi connectivity index (χ4v) is 2.41. The number of thioether (sulfide) groups is 1. The molecule has 1 aromatic carbocycles. The average molecular weight is 275 g/mol. The van der Waals surface area contributed by atoms with Crippen LogP contribution in [0.3, 0.4) is 0 Å². The molecule has 0 fully saturated rings. The van der Waals surface area contributed by atoms with Gasteiger partial charge in [0, 0.05) is 19.0 Å². The second-order valence-corrected chi connectivity index (χ2v) is 5.46. The summed E-state index contributed by atoms with van der Waals surface area (Å²) in [4.78, 5) is 15.6. The normalized spacial score (nSPS) is 10.5. The highest BCUT2D eigenvalue weighted by Gasteiger charge is 2.06. The highest BCUT2D eigenvalue weighted by Crippen LogP contribution is 2.22. The minimum absolute atomic E-state index is 0.263. The first kappa shape index (κ1) is 13.6. The van der Waals surface area contributed by atoms with Gasteiger partial charge in [0.1, 0.15) is 5.82 Å². The van der Waals surface area contributed by atoms with Crippen LogP contribution in [0.4, 0.5) is 11.9 Å². The molecule has 0 bridgehead atoms. The van der Waals surface area contributed by atoms with Crippen molar-refractivity contribution < 1.29 is 0 Å². The summed E-state index contributed by atoms with van der Waals surface area (Å²) in [6, 6.07) is 8.34. The Kier molecular flexibility index (Phi) is 4.21. The van der Waals surface area contributed by atoms with Crippen molar-refractivity contribution in [3.63, 3.8) is 0 Å². The lowest BCUT2D eigenvalue weighted by atomic mass is 10.2. The molecule has 5 nitrogen and oxygen atoms in total. The van der Waals surface area contributed by atoms with E-state index in [-0.39, 0.29) is 5.95 Å². The lowest BCUT2D eigenvalue weighted by Gasteiger charge is -2.11. The van der Waals surface area contributed by atoms with Gasteiger partial charge in [-0.1, -0.05) is 17.7 Å². The van der Waals surface area contributed by atoms with Gasteiger partial charge < -0.3 is 10.6 Å². The van der Waals surface area contributed by atoms with E-state index >= 15 is 0 Å².